The molecule has 0 radical (unpaired) electrons. The van der Waals surface area contributed by atoms with Gasteiger partial charge in [0, 0.05) is 154 Å². The number of ether oxygens (including phenoxy) is 12. The maximum absolute atomic E-state index is 12.6. The smallest absolute Gasteiger partial charge is 0.302 e. The van der Waals surface area contributed by atoms with Crippen molar-refractivity contribution < 1.29 is 114 Å². The lowest BCUT2D eigenvalue weighted by molar-refractivity contribution is -0.164. The highest BCUT2D eigenvalue weighted by atomic mass is 16.6. The van der Waals surface area contributed by atoms with Gasteiger partial charge in [0.25, 0.3) is 0 Å². The quantitative estimate of drug-likeness (QED) is 0.0602. The van der Waals surface area contributed by atoms with Crippen molar-refractivity contribution in [2.75, 3.05) is 0 Å². The molecule has 0 aromatic carbocycles. The Morgan fingerprint density at radius 2 is 0.338 bits per heavy atom. The van der Waals surface area contributed by atoms with Crippen molar-refractivity contribution in [3.8, 4) is 0 Å². The number of hydrogen-bond acceptors (Lipinski definition) is 24. The van der Waals surface area contributed by atoms with Gasteiger partial charge in [-0.1, -0.05) is 6.92 Å². The molecule has 24 nitrogen and oxygen atoms in total. The summed E-state index contributed by atoms with van der Waals surface area (Å²) in [4.78, 5) is 148. The molecule has 0 bridgehead atoms. The van der Waals surface area contributed by atoms with Gasteiger partial charge in [0.2, 0.25) is 0 Å². The van der Waals surface area contributed by atoms with E-state index in [1.807, 2.05) is 0 Å². The number of esters is 12. The third-order valence-corrected chi connectivity index (χ3v) is 10.3. The molecular weight excluding hydrogens is 985 g/mol. The molecule has 12 unspecified atom stereocenters. The van der Waals surface area contributed by atoms with Gasteiger partial charge in [-0.2, -0.15) is 0 Å². The third kappa shape index (κ3) is 35.7. The van der Waals surface area contributed by atoms with Crippen LogP contribution in [0.2, 0.25) is 0 Å². The minimum absolute atomic E-state index is 0.00801. The van der Waals surface area contributed by atoms with Gasteiger partial charge >= 0.3 is 71.6 Å². The van der Waals surface area contributed by atoms with Crippen molar-refractivity contribution in [1.29, 1.82) is 0 Å². The fraction of sp³-hybridized carbons (Fsp3) is 0.760. The molecule has 0 aromatic heterocycles. The van der Waals surface area contributed by atoms with E-state index in [0.717, 1.165) is 62.3 Å². The van der Waals surface area contributed by atoms with Crippen LogP contribution in [0.1, 0.15) is 174 Å². The lowest BCUT2D eigenvalue weighted by Gasteiger charge is -2.32. The summed E-state index contributed by atoms with van der Waals surface area (Å²) in [6, 6.07) is 0. The molecule has 0 amide bonds. The zero-order valence-corrected chi connectivity index (χ0v) is 45.2. The van der Waals surface area contributed by atoms with E-state index in [0.29, 0.717) is 6.42 Å². The van der Waals surface area contributed by atoms with Crippen LogP contribution in [-0.2, 0) is 114 Å². The Hall–Kier alpha value is -6.36. The first kappa shape index (κ1) is 67.6. The van der Waals surface area contributed by atoms with Crippen molar-refractivity contribution in [1.82, 2.24) is 0 Å². The minimum atomic E-state index is -1.23. The van der Waals surface area contributed by atoms with Gasteiger partial charge in [-0.25, -0.2) is 0 Å². The van der Waals surface area contributed by atoms with E-state index in [9.17, 15) is 57.5 Å². The molecule has 0 aliphatic heterocycles. The molecule has 0 rings (SSSR count). The van der Waals surface area contributed by atoms with Crippen LogP contribution in [0, 0.1) is 0 Å². The Morgan fingerprint density at radius 1 is 0.216 bits per heavy atom. The molecule has 0 aliphatic carbocycles. The monoisotopic (exact) mass is 1060 g/mol. The zero-order valence-electron chi connectivity index (χ0n) is 45.2. The van der Waals surface area contributed by atoms with Crippen LogP contribution in [0.4, 0.5) is 0 Å². The first-order valence-electron chi connectivity index (χ1n) is 24.4. The first-order chi connectivity index (χ1) is 34.3. The number of carbonyl (C=O) groups is 12. The second-order valence-electron chi connectivity index (χ2n) is 18.0. The summed E-state index contributed by atoms with van der Waals surface area (Å²) >= 11 is 0. The van der Waals surface area contributed by atoms with E-state index in [1.165, 1.54) is 20.8 Å². The first-order valence-corrected chi connectivity index (χ1v) is 24.4. The van der Waals surface area contributed by atoms with Gasteiger partial charge in [0.05, 0.1) is 0 Å². The molecule has 12 atom stereocenters. The van der Waals surface area contributed by atoms with E-state index >= 15 is 0 Å². The predicted molar refractivity (Wildman–Crippen MR) is 253 cm³/mol. The molecule has 0 saturated heterocycles. The Kier molecular flexibility index (Phi) is 32.7. The zero-order chi connectivity index (χ0) is 56.8. The van der Waals surface area contributed by atoms with Gasteiger partial charge in [-0.15, -0.1) is 0 Å². The topological polar surface area (TPSA) is 316 Å². The van der Waals surface area contributed by atoms with Crippen LogP contribution in [0.15, 0.2) is 0 Å². The SMILES string of the molecule is CCC(CC(CC(CC(CC(CC(CC(CC(CC(CC(CC(CC(C)OC(C)=O)OC(C)=O)OC(C)=O)OC(C)=O)OC(C)=O)OC(C)=O)OC(C)=O)OC(C)=O)OC(C)=O)OC(C)=O)OC(C)=O)OC(C)=O. The fourth-order valence-electron chi connectivity index (χ4n) is 8.44. The van der Waals surface area contributed by atoms with Crippen LogP contribution in [0.25, 0.3) is 0 Å². The third-order valence-electron chi connectivity index (χ3n) is 10.3. The summed E-state index contributed by atoms with van der Waals surface area (Å²) in [5.41, 5.74) is 0. The lowest BCUT2D eigenvalue weighted by Crippen LogP contribution is -2.38. The summed E-state index contributed by atoms with van der Waals surface area (Å²) in [6.45, 7) is 17.0. The molecular formula is C50H78O24. The second-order valence-corrected chi connectivity index (χ2v) is 18.0. The van der Waals surface area contributed by atoms with E-state index in [4.69, 9.17) is 56.8 Å². The van der Waals surface area contributed by atoms with Crippen LogP contribution in [0.5, 0.6) is 0 Å². The predicted octanol–water partition coefficient (Wildman–Crippen LogP) is 4.89. The van der Waals surface area contributed by atoms with Gasteiger partial charge in [0.15, 0.2) is 0 Å². The van der Waals surface area contributed by atoms with Gasteiger partial charge in [-0.05, 0) is 13.3 Å². The van der Waals surface area contributed by atoms with Crippen molar-refractivity contribution in [3.63, 3.8) is 0 Å². The standard InChI is InChI=1S/C50H78O24/c1-15-40(64-29(4)52)17-42(66-31(6)54)19-44(68-33(8)56)21-46(70-35(10)58)23-48(72-37(12)60)25-50(74-39(14)62)26-49(73-38(13)61)24-47(71-36(11)59)22-45(69-34(9)57)20-43(67-32(7)55)18-41(65-30(5)53)16-27(2)63-28(3)51/h27,40-50H,15-26H2,1-14H3. The van der Waals surface area contributed by atoms with Gasteiger partial charge in [-0.3, -0.25) is 57.5 Å². The van der Waals surface area contributed by atoms with Gasteiger partial charge < -0.3 is 56.8 Å². The number of hydrogen-bond donors (Lipinski definition) is 0. The fourth-order valence-corrected chi connectivity index (χ4v) is 8.44. The molecule has 422 valence electrons. The highest BCUT2D eigenvalue weighted by Crippen LogP contribution is 2.28. The van der Waals surface area contributed by atoms with Crippen LogP contribution >= 0.6 is 0 Å². The Morgan fingerprint density at radius 3 is 0.473 bits per heavy atom. The Balaban J connectivity index is 7.08. The van der Waals surface area contributed by atoms with Crippen molar-refractivity contribution in [2.24, 2.45) is 0 Å². The largest absolute Gasteiger partial charge is 0.463 e. The van der Waals surface area contributed by atoms with Crippen LogP contribution in [-0.4, -0.2) is 145 Å². The summed E-state index contributed by atoms with van der Waals surface area (Å²) in [6.07, 6.45) is -14.5. The lowest BCUT2D eigenvalue weighted by atomic mass is 9.93. The summed E-state index contributed by atoms with van der Waals surface area (Å²) in [7, 11) is 0. The average molecular weight is 1060 g/mol. The Bertz CT molecular complexity index is 1880. The number of rotatable bonds is 35. The molecule has 0 saturated carbocycles. The number of carbonyl (C=O) groups excluding carboxylic acids is 12. The molecule has 24 heteroatoms. The summed E-state index contributed by atoms with van der Waals surface area (Å²) in [5.74, 6) is -8.75. The Labute approximate surface area is 432 Å². The molecule has 0 heterocycles. The molecule has 0 aromatic rings. The van der Waals surface area contributed by atoms with Crippen molar-refractivity contribution >= 4 is 71.6 Å². The van der Waals surface area contributed by atoms with E-state index in [1.54, 1.807) is 13.8 Å². The molecule has 0 fully saturated rings. The maximum Gasteiger partial charge on any atom is 0.302 e. The minimum Gasteiger partial charge on any atom is -0.463 e. The maximum atomic E-state index is 12.6. The van der Waals surface area contributed by atoms with E-state index < -0.39 is 145 Å². The normalized spacial score (nSPS) is 15.8. The molecule has 0 spiro atoms. The van der Waals surface area contributed by atoms with Crippen molar-refractivity contribution in [2.45, 2.75) is 247 Å². The second kappa shape index (κ2) is 35.7. The molecule has 0 N–H and O–H groups in total. The molecule has 0 aliphatic rings. The highest BCUT2D eigenvalue weighted by molar-refractivity contribution is 5.70. The average Bonchev–Trinajstić information content (AvgIpc) is 3.17. The molecule has 74 heavy (non-hydrogen) atoms. The van der Waals surface area contributed by atoms with Crippen molar-refractivity contribution in [3.05, 3.63) is 0 Å². The van der Waals surface area contributed by atoms with E-state index in [-0.39, 0.29) is 70.6 Å². The van der Waals surface area contributed by atoms with Crippen LogP contribution in [0.3, 0.4) is 0 Å². The summed E-state index contributed by atoms with van der Waals surface area (Å²) < 4.78 is 66.5. The van der Waals surface area contributed by atoms with Crippen LogP contribution < -0.4 is 0 Å². The summed E-state index contributed by atoms with van der Waals surface area (Å²) in [5, 5.41) is 0. The van der Waals surface area contributed by atoms with Gasteiger partial charge in [0.1, 0.15) is 73.2 Å². The highest BCUT2D eigenvalue weighted by Gasteiger charge is 2.36. The van der Waals surface area contributed by atoms with E-state index in [2.05, 4.69) is 0 Å².